The molecule has 2 aromatic rings. The largest absolute Gasteiger partial charge is 0.508 e. The summed E-state index contributed by atoms with van der Waals surface area (Å²) in [6.07, 6.45) is 4.39. The molecule has 0 spiro atoms. The lowest BCUT2D eigenvalue weighted by molar-refractivity contribution is -0.404. The second kappa shape index (κ2) is 13.4. The smallest absolute Gasteiger partial charge is 0.274 e. The molecular weight excluding hydrogens is 436 g/mol. The zero-order chi connectivity index (χ0) is 24.2. The summed E-state index contributed by atoms with van der Waals surface area (Å²) < 4.78 is 5.87. The summed E-state index contributed by atoms with van der Waals surface area (Å²) in [5, 5.41) is 36.6. The minimum Gasteiger partial charge on any atom is -0.508 e. The number of aromatic hydroxyl groups is 1. The molecular formula is C25H34N4O5. The Morgan fingerprint density at radius 1 is 1.15 bits per heavy atom. The molecule has 1 fully saturated rings. The minimum absolute atomic E-state index is 0.0489. The standard InChI is InChI=1S/C25H34N4O5/c30-22-9-5-8-21(16-22)24(31)17-27-25(19-29(32)33)26-11-6-14-34-23-10-4-7-20(15-23)18-28-12-2-1-3-13-28/h4-5,7-10,15-16,19,24,26-27,30-31H,1-3,6,11-14,17-18H2/b25-19+. The van der Waals surface area contributed by atoms with Crippen molar-refractivity contribution in [1.82, 2.24) is 15.5 Å². The molecule has 0 aromatic heterocycles. The zero-order valence-corrected chi connectivity index (χ0v) is 19.4. The van der Waals surface area contributed by atoms with Crippen LogP contribution in [0.15, 0.2) is 60.6 Å². The van der Waals surface area contributed by atoms with Crippen molar-refractivity contribution in [3.8, 4) is 11.5 Å². The van der Waals surface area contributed by atoms with Crippen molar-refractivity contribution in [2.75, 3.05) is 32.8 Å². The van der Waals surface area contributed by atoms with E-state index in [0.717, 1.165) is 31.6 Å². The van der Waals surface area contributed by atoms with E-state index in [9.17, 15) is 20.3 Å². The summed E-state index contributed by atoms with van der Waals surface area (Å²) >= 11 is 0. The average molecular weight is 471 g/mol. The summed E-state index contributed by atoms with van der Waals surface area (Å²) in [4.78, 5) is 12.9. The Labute approximate surface area is 200 Å². The second-order valence-electron chi connectivity index (χ2n) is 8.43. The molecule has 4 N–H and O–H groups in total. The van der Waals surface area contributed by atoms with Crippen LogP contribution in [-0.2, 0) is 6.54 Å². The van der Waals surface area contributed by atoms with Gasteiger partial charge in [-0.05, 0) is 67.7 Å². The van der Waals surface area contributed by atoms with Gasteiger partial charge in [-0.2, -0.15) is 0 Å². The van der Waals surface area contributed by atoms with Gasteiger partial charge in [-0.1, -0.05) is 30.7 Å². The van der Waals surface area contributed by atoms with E-state index >= 15 is 0 Å². The molecule has 0 aliphatic carbocycles. The molecule has 3 rings (SSSR count). The molecule has 1 saturated heterocycles. The maximum atomic E-state index is 10.9. The lowest BCUT2D eigenvalue weighted by Crippen LogP contribution is -2.31. The van der Waals surface area contributed by atoms with Gasteiger partial charge in [0, 0.05) is 19.6 Å². The summed E-state index contributed by atoms with van der Waals surface area (Å²) in [6, 6.07) is 14.4. The van der Waals surface area contributed by atoms with E-state index in [0.29, 0.717) is 25.1 Å². The maximum absolute atomic E-state index is 10.9. The first kappa shape index (κ1) is 25.3. The van der Waals surface area contributed by atoms with Gasteiger partial charge in [0.05, 0.1) is 17.6 Å². The fourth-order valence-corrected chi connectivity index (χ4v) is 3.91. The van der Waals surface area contributed by atoms with Crippen LogP contribution in [0, 0.1) is 10.1 Å². The van der Waals surface area contributed by atoms with Crippen molar-refractivity contribution >= 4 is 0 Å². The molecule has 0 amide bonds. The topological polar surface area (TPSA) is 120 Å². The molecule has 184 valence electrons. The maximum Gasteiger partial charge on any atom is 0.274 e. The fourth-order valence-electron chi connectivity index (χ4n) is 3.91. The molecule has 34 heavy (non-hydrogen) atoms. The van der Waals surface area contributed by atoms with Crippen LogP contribution in [-0.4, -0.2) is 52.8 Å². The Balaban J connectivity index is 1.40. The van der Waals surface area contributed by atoms with Gasteiger partial charge in [0.1, 0.15) is 11.5 Å². The Bertz CT molecular complexity index is 946. The third-order valence-corrected chi connectivity index (χ3v) is 5.63. The second-order valence-corrected chi connectivity index (χ2v) is 8.43. The lowest BCUT2D eigenvalue weighted by Gasteiger charge is -2.26. The van der Waals surface area contributed by atoms with Crippen LogP contribution < -0.4 is 15.4 Å². The number of hydrogen-bond donors (Lipinski definition) is 4. The highest BCUT2D eigenvalue weighted by Gasteiger charge is 2.12. The predicted octanol–water partition coefficient (Wildman–Crippen LogP) is 3.14. The number of aliphatic hydroxyl groups excluding tert-OH is 1. The first-order valence-corrected chi connectivity index (χ1v) is 11.7. The van der Waals surface area contributed by atoms with Crippen molar-refractivity contribution in [3.05, 3.63) is 81.8 Å². The first-order valence-electron chi connectivity index (χ1n) is 11.7. The summed E-state index contributed by atoms with van der Waals surface area (Å²) in [6.45, 7) is 4.22. The quantitative estimate of drug-likeness (QED) is 0.200. The van der Waals surface area contributed by atoms with E-state index in [1.54, 1.807) is 12.1 Å². The number of hydrogen-bond acceptors (Lipinski definition) is 8. The number of aliphatic hydroxyl groups is 1. The van der Waals surface area contributed by atoms with E-state index in [1.807, 2.05) is 12.1 Å². The molecule has 0 radical (unpaired) electrons. The van der Waals surface area contributed by atoms with E-state index in [1.165, 1.54) is 37.0 Å². The van der Waals surface area contributed by atoms with Gasteiger partial charge in [0.25, 0.3) is 6.20 Å². The number of phenols is 1. The van der Waals surface area contributed by atoms with E-state index < -0.39 is 11.0 Å². The highest BCUT2D eigenvalue weighted by atomic mass is 16.6. The van der Waals surface area contributed by atoms with Gasteiger partial charge in [0.15, 0.2) is 5.82 Å². The predicted molar refractivity (Wildman–Crippen MR) is 130 cm³/mol. The first-order chi connectivity index (χ1) is 16.5. The van der Waals surface area contributed by atoms with Gasteiger partial charge < -0.3 is 25.6 Å². The summed E-state index contributed by atoms with van der Waals surface area (Å²) in [7, 11) is 0. The fraction of sp³-hybridized carbons (Fsp3) is 0.440. The molecule has 1 atom stereocenters. The molecule has 0 saturated carbocycles. The molecule has 1 aliphatic rings. The van der Waals surface area contributed by atoms with Gasteiger partial charge in [0.2, 0.25) is 0 Å². The van der Waals surface area contributed by atoms with Crippen LogP contribution in [0.3, 0.4) is 0 Å². The summed E-state index contributed by atoms with van der Waals surface area (Å²) in [5.74, 6) is 1.07. The number of rotatable bonds is 13. The number of piperidine rings is 1. The van der Waals surface area contributed by atoms with Crippen molar-refractivity contribution in [2.45, 2.75) is 38.3 Å². The van der Waals surface area contributed by atoms with Crippen LogP contribution in [0.5, 0.6) is 11.5 Å². The van der Waals surface area contributed by atoms with Crippen LogP contribution in [0.1, 0.15) is 42.9 Å². The number of nitrogens with zero attached hydrogens (tertiary/aromatic N) is 2. The van der Waals surface area contributed by atoms with E-state index in [-0.39, 0.29) is 18.1 Å². The number of benzene rings is 2. The van der Waals surface area contributed by atoms with Gasteiger partial charge >= 0.3 is 0 Å². The molecule has 9 heteroatoms. The molecule has 9 nitrogen and oxygen atoms in total. The molecule has 0 bridgehead atoms. The van der Waals surface area contributed by atoms with Gasteiger partial charge in [-0.25, -0.2) is 0 Å². The number of nitro groups is 1. The Morgan fingerprint density at radius 3 is 2.71 bits per heavy atom. The number of likely N-dealkylation sites (tertiary alicyclic amines) is 1. The Kier molecular flexibility index (Phi) is 9.99. The van der Waals surface area contributed by atoms with Crippen molar-refractivity contribution in [1.29, 1.82) is 0 Å². The average Bonchev–Trinajstić information content (AvgIpc) is 2.82. The number of phenolic OH excluding ortho intramolecular Hbond substituents is 1. The molecule has 1 heterocycles. The molecule has 2 aromatic carbocycles. The number of ether oxygens (including phenoxy) is 1. The Hall–Kier alpha value is -3.30. The van der Waals surface area contributed by atoms with E-state index in [2.05, 4.69) is 27.7 Å². The Morgan fingerprint density at radius 2 is 1.94 bits per heavy atom. The van der Waals surface area contributed by atoms with Crippen LogP contribution in [0.2, 0.25) is 0 Å². The van der Waals surface area contributed by atoms with Crippen molar-refractivity contribution < 1.29 is 19.9 Å². The van der Waals surface area contributed by atoms with Crippen LogP contribution in [0.25, 0.3) is 0 Å². The van der Waals surface area contributed by atoms with Crippen LogP contribution >= 0.6 is 0 Å². The third-order valence-electron chi connectivity index (χ3n) is 5.63. The highest BCUT2D eigenvalue weighted by molar-refractivity contribution is 5.29. The monoisotopic (exact) mass is 470 g/mol. The van der Waals surface area contributed by atoms with Gasteiger partial charge in [-0.15, -0.1) is 0 Å². The number of nitrogens with one attached hydrogen (secondary N) is 2. The van der Waals surface area contributed by atoms with E-state index in [4.69, 9.17) is 4.74 Å². The molecule has 1 unspecified atom stereocenters. The van der Waals surface area contributed by atoms with Crippen LogP contribution in [0.4, 0.5) is 0 Å². The minimum atomic E-state index is -0.926. The van der Waals surface area contributed by atoms with Crippen molar-refractivity contribution in [2.24, 2.45) is 0 Å². The lowest BCUT2D eigenvalue weighted by atomic mass is 10.1. The zero-order valence-electron chi connectivity index (χ0n) is 19.4. The summed E-state index contributed by atoms with van der Waals surface area (Å²) in [5.41, 5.74) is 1.76. The van der Waals surface area contributed by atoms with Crippen molar-refractivity contribution in [3.63, 3.8) is 0 Å². The molecule has 1 aliphatic heterocycles. The SMILES string of the molecule is O=[N+]([O-])/C=C(\NCCCOc1cccc(CN2CCCCC2)c1)NCC(O)c1cccc(O)c1. The van der Waals surface area contributed by atoms with Gasteiger partial charge in [-0.3, -0.25) is 15.0 Å². The highest BCUT2D eigenvalue weighted by Crippen LogP contribution is 2.19. The third kappa shape index (κ3) is 8.92. The normalized spacial score (nSPS) is 15.5.